The van der Waals surface area contributed by atoms with Crippen molar-refractivity contribution in [3.8, 4) is 5.75 Å². The Hall–Kier alpha value is -1.63. The van der Waals surface area contributed by atoms with Gasteiger partial charge in [-0.1, -0.05) is 29.8 Å². The molecule has 1 rings (SSSR count). The van der Waals surface area contributed by atoms with Crippen LogP contribution in [-0.2, 0) is 0 Å². The zero-order valence-electron chi connectivity index (χ0n) is 12.2. The standard InChI is InChI=1S/C14H20BrN3O3/c1-14(2,13(16)17)5-3-4-6-21-12-8-10(15)7-11(9-12)18(19)20/h7-9H,3-6H2,1-2H3,(H3,16,17). The van der Waals surface area contributed by atoms with Crippen LogP contribution in [0.3, 0.4) is 0 Å². The Morgan fingerprint density at radius 1 is 1.43 bits per heavy atom. The van der Waals surface area contributed by atoms with Gasteiger partial charge in [0.25, 0.3) is 5.69 Å². The molecule has 0 fully saturated rings. The highest BCUT2D eigenvalue weighted by Crippen LogP contribution is 2.27. The topological polar surface area (TPSA) is 102 Å². The smallest absolute Gasteiger partial charge is 0.274 e. The van der Waals surface area contributed by atoms with Gasteiger partial charge < -0.3 is 10.5 Å². The van der Waals surface area contributed by atoms with Crippen molar-refractivity contribution in [1.82, 2.24) is 0 Å². The summed E-state index contributed by atoms with van der Waals surface area (Å²) in [7, 11) is 0. The highest BCUT2D eigenvalue weighted by Gasteiger charge is 2.20. The van der Waals surface area contributed by atoms with E-state index in [-0.39, 0.29) is 16.9 Å². The number of ether oxygens (including phenoxy) is 1. The second-order valence-corrected chi connectivity index (χ2v) is 6.42. The van der Waals surface area contributed by atoms with Gasteiger partial charge in [0, 0.05) is 16.0 Å². The second kappa shape index (κ2) is 7.40. The number of nitrogens with two attached hydrogens (primary N) is 1. The summed E-state index contributed by atoms with van der Waals surface area (Å²) in [6.45, 7) is 4.35. The Balaban J connectivity index is 2.43. The molecular weight excluding hydrogens is 338 g/mol. The summed E-state index contributed by atoms with van der Waals surface area (Å²) in [5.41, 5.74) is 5.22. The third kappa shape index (κ3) is 5.71. The van der Waals surface area contributed by atoms with Crippen LogP contribution in [0, 0.1) is 20.9 Å². The molecule has 0 unspecified atom stereocenters. The molecule has 6 nitrogen and oxygen atoms in total. The van der Waals surface area contributed by atoms with Gasteiger partial charge in [-0.3, -0.25) is 15.5 Å². The molecule has 0 saturated carbocycles. The summed E-state index contributed by atoms with van der Waals surface area (Å²) in [6.07, 6.45) is 2.49. The number of hydrogen-bond acceptors (Lipinski definition) is 4. The van der Waals surface area contributed by atoms with Crippen LogP contribution >= 0.6 is 15.9 Å². The summed E-state index contributed by atoms with van der Waals surface area (Å²) in [4.78, 5) is 10.3. The lowest BCUT2D eigenvalue weighted by Gasteiger charge is -2.22. The van der Waals surface area contributed by atoms with Crippen molar-refractivity contribution in [3.63, 3.8) is 0 Å². The maximum atomic E-state index is 10.8. The minimum Gasteiger partial charge on any atom is -0.493 e. The van der Waals surface area contributed by atoms with E-state index in [2.05, 4.69) is 15.9 Å². The van der Waals surface area contributed by atoms with E-state index in [0.717, 1.165) is 19.3 Å². The Morgan fingerprint density at radius 3 is 2.67 bits per heavy atom. The van der Waals surface area contributed by atoms with Crippen LogP contribution in [0.5, 0.6) is 5.75 Å². The summed E-state index contributed by atoms with van der Waals surface area (Å²) >= 11 is 3.22. The summed E-state index contributed by atoms with van der Waals surface area (Å²) in [6, 6.07) is 4.54. The molecule has 0 aliphatic heterocycles. The first kappa shape index (κ1) is 17.4. The van der Waals surface area contributed by atoms with E-state index in [1.165, 1.54) is 12.1 Å². The van der Waals surface area contributed by atoms with Crippen LogP contribution in [-0.4, -0.2) is 17.4 Å². The lowest BCUT2D eigenvalue weighted by atomic mass is 9.86. The molecule has 1 aromatic carbocycles. The number of amidine groups is 1. The van der Waals surface area contributed by atoms with E-state index in [4.69, 9.17) is 15.9 Å². The van der Waals surface area contributed by atoms with E-state index in [9.17, 15) is 10.1 Å². The average Bonchev–Trinajstić information content (AvgIpc) is 2.37. The quantitative estimate of drug-likeness (QED) is 0.242. The molecule has 0 atom stereocenters. The molecule has 0 amide bonds. The van der Waals surface area contributed by atoms with Crippen molar-refractivity contribution >= 4 is 27.5 Å². The van der Waals surface area contributed by atoms with Gasteiger partial charge in [-0.25, -0.2) is 0 Å². The largest absolute Gasteiger partial charge is 0.493 e. The van der Waals surface area contributed by atoms with Gasteiger partial charge in [0.2, 0.25) is 0 Å². The van der Waals surface area contributed by atoms with Crippen LogP contribution in [0.25, 0.3) is 0 Å². The van der Waals surface area contributed by atoms with Gasteiger partial charge in [-0.05, 0) is 25.3 Å². The monoisotopic (exact) mass is 357 g/mol. The second-order valence-electron chi connectivity index (χ2n) is 5.51. The number of hydrogen-bond donors (Lipinski definition) is 2. The Morgan fingerprint density at radius 2 is 2.10 bits per heavy atom. The van der Waals surface area contributed by atoms with E-state index in [0.29, 0.717) is 16.8 Å². The number of nitro groups is 1. The maximum absolute atomic E-state index is 10.8. The van der Waals surface area contributed by atoms with Crippen LogP contribution in [0.4, 0.5) is 5.69 Å². The van der Waals surface area contributed by atoms with Gasteiger partial charge >= 0.3 is 0 Å². The molecular formula is C14H20BrN3O3. The minimum atomic E-state index is -0.451. The van der Waals surface area contributed by atoms with Crippen LogP contribution in [0.1, 0.15) is 33.1 Å². The lowest BCUT2D eigenvalue weighted by Crippen LogP contribution is -2.30. The first-order chi connectivity index (χ1) is 9.72. The summed E-state index contributed by atoms with van der Waals surface area (Å²) in [5.74, 6) is 0.660. The Bertz CT molecular complexity index is 532. The molecule has 21 heavy (non-hydrogen) atoms. The van der Waals surface area contributed by atoms with Gasteiger partial charge in [0.05, 0.1) is 23.4 Å². The molecule has 1 aromatic rings. The van der Waals surface area contributed by atoms with E-state index < -0.39 is 4.92 Å². The fourth-order valence-corrected chi connectivity index (χ4v) is 2.19. The molecule has 116 valence electrons. The van der Waals surface area contributed by atoms with E-state index in [1.807, 2.05) is 13.8 Å². The van der Waals surface area contributed by atoms with Crippen LogP contribution in [0.2, 0.25) is 0 Å². The molecule has 0 saturated heterocycles. The van der Waals surface area contributed by atoms with Crippen molar-refractivity contribution in [2.45, 2.75) is 33.1 Å². The first-order valence-corrected chi connectivity index (χ1v) is 7.44. The first-order valence-electron chi connectivity index (χ1n) is 6.64. The predicted molar refractivity (Wildman–Crippen MR) is 85.8 cm³/mol. The van der Waals surface area contributed by atoms with Crippen LogP contribution < -0.4 is 10.5 Å². The van der Waals surface area contributed by atoms with Gasteiger partial charge in [-0.2, -0.15) is 0 Å². The molecule has 0 heterocycles. The molecule has 0 aromatic heterocycles. The van der Waals surface area contributed by atoms with Crippen molar-refractivity contribution in [1.29, 1.82) is 5.41 Å². The Labute approximate surface area is 132 Å². The van der Waals surface area contributed by atoms with Gasteiger partial charge in [0.1, 0.15) is 5.75 Å². The van der Waals surface area contributed by atoms with E-state index >= 15 is 0 Å². The molecule has 0 radical (unpaired) electrons. The zero-order chi connectivity index (χ0) is 16.0. The molecule has 3 N–H and O–H groups in total. The van der Waals surface area contributed by atoms with E-state index in [1.54, 1.807) is 6.07 Å². The lowest BCUT2D eigenvalue weighted by molar-refractivity contribution is -0.385. The normalized spacial score (nSPS) is 11.2. The molecule has 7 heteroatoms. The number of nitrogens with one attached hydrogen (secondary N) is 1. The number of non-ortho nitro benzene ring substituents is 1. The summed E-state index contributed by atoms with van der Waals surface area (Å²) < 4.78 is 6.15. The summed E-state index contributed by atoms with van der Waals surface area (Å²) in [5, 5.41) is 18.2. The van der Waals surface area contributed by atoms with Gasteiger partial charge in [-0.15, -0.1) is 0 Å². The predicted octanol–water partition coefficient (Wildman–Crippen LogP) is 3.87. The third-order valence-corrected chi connectivity index (χ3v) is 3.72. The van der Waals surface area contributed by atoms with Crippen molar-refractivity contribution in [2.24, 2.45) is 11.1 Å². The highest BCUT2D eigenvalue weighted by atomic mass is 79.9. The zero-order valence-corrected chi connectivity index (χ0v) is 13.8. The number of halogens is 1. The van der Waals surface area contributed by atoms with Gasteiger partial charge in [0.15, 0.2) is 0 Å². The molecule has 0 spiro atoms. The third-order valence-electron chi connectivity index (χ3n) is 3.26. The SMILES string of the molecule is CC(C)(CCCCOc1cc(Br)cc([N+](=O)[O-])c1)C(=N)N. The van der Waals surface area contributed by atoms with Crippen molar-refractivity contribution < 1.29 is 9.66 Å². The number of nitro benzene ring substituents is 1. The Kier molecular flexibility index (Phi) is 6.14. The molecule has 0 aliphatic carbocycles. The minimum absolute atomic E-state index is 0.00270. The van der Waals surface area contributed by atoms with Crippen LogP contribution in [0.15, 0.2) is 22.7 Å². The van der Waals surface area contributed by atoms with Crippen molar-refractivity contribution in [3.05, 3.63) is 32.8 Å². The average molecular weight is 358 g/mol. The van der Waals surface area contributed by atoms with Crippen molar-refractivity contribution in [2.75, 3.05) is 6.61 Å². The highest BCUT2D eigenvalue weighted by molar-refractivity contribution is 9.10. The fourth-order valence-electron chi connectivity index (χ4n) is 1.73. The number of unbranched alkanes of at least 4 members (excludes halogenated alkanes) is 1. The molecule has 0 bridgehead atoms. The fraction of sp³-hybridized carbons (Fsp3) is 0.500. The molecule has 0 aliphatic rings. The number of rotatable bonds is 8. The maximum Gasteiger partial charge on any atom is 0.274 e. The number of nitrogens with zero attached hydrogens (tertiary/aromatic N) is 1. The number of benzene rings is 1.